The second-order valence-electron chi connectivity index (χ2n) is 7.64. The third-order valence-corrected chi connectivity index (χ3v) is 5.68. The van der Waals surface area contributed by atoms with Crippen LogP contribution in [-0.2, 0) is 16.8 Å². The number of benzene rings is 1. The van der Waals surface area contributed by atoms with Gasteiger partial charge in [0.05, 0.1) is 24.3 Å². The van der Waals surface area contributed by atoms with Crippen molar-refractivity contribution >= 4 is 0 Å². The first-order chi connectivity index (χ1) is 11.8. The molecule has 3 heterocycles. The lowest BCUT2D eigenvalue weighted by Gasteiger charge is -2.34. The summed E-state index contributed by atoms with van der Waals surface area (Å²) in [5.41, 5.74) is 3.57. The molecule has 5 rings (SSSR count). The number of fused-ring (bicyclic) bond motifs is 2. The molecule has 2 aromatic rings. The number of ether oxygens (including phenoxy) is 1. The number of nitrogens with zero attached hydrogens (tertiary/aromatic N) is 3. The Balaban J connectivity index is 1.49. The average molecular weight is 321 g/mol. The molecule has 1 atom stereocenters. The van der Waals surface area contributed by atoms with Crippen LogP contribution in [0.3, 0.4) is 0 Å². The van der Waals surface area contributed by atoms with Crippen molar-refractivity contribution in [2.75, 3.05) is 26.2 Å². The van der Waals surface area contributed by atoms with E-state index in [1.165, 1.54) is 37.2 Å². The largest absolute Gasteiger partial charge is 0.376 e. The number of likely N-dealkylation sites (tertiary alicyclic amines) is 1. The smallest absolute Gasteiger partial charge is 0.159 e. The van der Waals surface area contributed by atoms with Crippen molar-refractivity contribution in [1.29, 1.82) is 0 Å². The van der Waals surface area contributed by atoms with E-state index in [4.69, 9.17) is 9.72 Å². The van der Waals surface area contributed by atoms with Crippen LogP contribution in [0.15, 0.2) is 36.5 Å². The van der Waals surface area contributed by atoms with E-state index in [9.17, 15) is 0 Å². The molecular formula is C20H23N3O. The fourth-order valence-corrected chi connectivity index (χ4v) is 4.21. The van der Waals surface area contributed by atoms with Crippen LogP contribution in [0.25, 0.3) is 11.4 Å². The lowest BCUT2D eigenvalue weighted by Crippen LogP contribution is -2.40. The van der Waals surface area contributed by atoms with Crippen molar-refractivity contribution < 1.29 is 4.74 Å². The van der Waals surface area contributed by atoms with Gasteiger partial charge in [-0.3, -0.25) is 0 Å². The van der Waals surface area contributed by atoms with Gasteiger partial charge in [0.15, 0.2) is 5.82 Å². The molecule has 0 amide bonds. The molecule has 1 saturated heterocycles. The van der Waals surface area contributed by atoms with E-state index < -0.39 is 0 Å². The Morgan fingerprint density at radius 1 is 1.21 bits per heavy atom. The monoisotopic (exact) mass is 321 g/mol. The minimum absolute atomic E-state index is 0.0644. The third-order valence-electron chi connectivity index (χ3n) is 5.68. The quantitative estimate of drug-likeness (QED) is 0.871. The van der Waals surface area contributed by atoms with E-state index in [0.29, 0.717) is 6.61 Å². The summed E-state index contributed by atoms with van der Waals surface area (Å²) in [5.74, 6) is 1.78. The van der Waals surface area contributed by atoms with Crippen LogP contribution in [0.5, 0.6) is 0 Å². The maximum Gasteiger partial charge on any atom is 0.159 e. The molecule has 0 unspecified atom stereocenters. The number of rotatable bonds is 3. The summed E-state index contributed by atoms with van der Waals surface area (Å²) in [6.07, 6.45) is 5.96. The molecule has 4 heteroatoms. The first kappa shape index (κ1) is 14.6. The fourth-order valence-electron chi connectivity index (χ4n) is 4.21. The van der Waals surface area contributed by atoms with Gasteiger partial charge >= 0.3 is 0 Å². The molecule has 4 nitrogen and oxygen atoms in total. The average Bonchev–Trinajstić information content (AvgIpc) is 3.36. The molecule has 1 aromatic carbocycles. The highest BCUT2D eigenvalue weighted by Crippen LogP contribution is 2.41. The van der Waals surface area contributed by atoms with E-state index in [1.54, 1.807) is 0 Å². The van der Waals surface area contributed by atoms with Gasteiger partial charge in [0.1, 0.15) is 0 Å². The number of hydrogen-bond acceptors (Lipinski definition) is 4. The Bertz CT molecular complexity index is 744. The highest BCUT2D eigenvalue weighted by Gasteiger charge is 2.45. The molecule has 1 aliphatic carbocycles. The van der Waals surface area contributed by atoms with E-state index in [-0.39, 0.29) is 5.41 Å². The van der Waals surface area contributed by atoms with Crippen LogP contribution < -0.4 is 0 Å². The standard InChI is InChI=1S/C20H23N3O/c1-2-4-16(5-3-1)19-21-10-17-12-24-14-20(18(17)22-19)8-9-23(13-20)11-15-6-7-15/h1-5,10,15H,6-9,11-14H2/t20-/m0/s1. The van der Waals surface area contributed by atoms with Crippen molar-refractivity contribution in [3.8, 4) is 11.4 Å². The zero-order valence-corrected chi connectivity index (χ0v) is 13.9. The summed E-state index contributed by atoms with van der Waals surface area (Å²) < 4.78 is 5.94. The van der Waals surface area contributed by atoms with Gasteiger partial charge in [0, 0.05) is 30.4 Å². The molecular weight excluding hydrogens is 298 g/mol. The summed E-state index contributed by atoms with van der Waals surface area (Å²) in [7, 11) is 0. The summed E-state index contributed by atoms with van der Waals surface area (Å²) in [6, 6.07) is 10.3. The van der Waals surface area contributed by atoms with Crippen LogP contribution in [0.2, 0.25) is 0 Å². The number of aromatic nitrogens is 2. The molecule has 3 aliphatic rings. The predicted octanol–water partition coefficient (Wildman–Crippen LogP) is 3.03. The van der Waals surface area contributed by atoms with Gasteiger partial charge in [-0.05, 0) is 31.7 Å². The van der Waals surface area contributed by atoms with Crippen molar-refractivity contribution in [2.24, 2.45) is 5.92 Å². The third kappa shape index (κ3) is 2.54. The van der Waals surface area contributed by atoms with Crippen LogP contribution in [0, 0.1) is 5.92 Å². The first-order valence-electron chi connectivity index (χ1n) is 9.04. The zero-order valence-electron chi connectivity index (χ0n) is 13.9. The molecule has 0 bridgehead atoms. The lowest BCUT2D eigenvalue weighted by atomic mass is 9.80. The van der Waals surface area contributed by atoms with Crippen molar-refractivity contribution in [2.45, 2.75) is 31.3 Å². The molecule has 1 spiro atoms. The molecule has 24 heavy (non-hydrogen) atoms. The Labute approximate surface area is 142 Å². The summed E-state index contributed by atoms with van der Waals surface area (Å²) in [4.78, 5) is 12.2. The number of hydrogen-bond donors (Lipinski definition) is 0. The Kier molecular flexibility index (Phi) is 3.42. The maximum absolute atomic E-state index is 5.94. The van der Waals surface area contributed by atoms with Crippen molar-refractivity contribution in [3.63, 3.8) is 0 Å². The van der Waals surface area contributed by atoms with Gasteiger partial charge in [-0.15, -0.1) is 0 Å². The topological polar surface area (TPSA) is 38.2 Å². The van der Waals surface area contributed by atoms with Crippen LogP contribution in [0.1, 0.15) is 30.5 Å². The summed E-state index contributed by atoms with van der Waals surface area (Å²) in [5, 5.41) is 0. The second kappa shape index (κ2) is 5.64. The SMILES string of the molecule is c1ccc(-c2ncc3c(n2)[C@]2(CCN(CC4CC4)C2)COC3)cc1. The van der Waals surface area contributed by atoms with E-state index >= 15 is 0 Å². The van der Waals surface area contributed by atoms with Gasteiger partial charge < -0.3 is 9.64 Å². The van der Waals surface area contributed by atoms with Crippen LogP contribution >= 0.6 is 0 Å². The predicted molar refractivity (Wildman–Crippen MR) is 92.6 cm³/mol. The maximum atomic E-state index is 5.94. The first-order valence-corrected chi connectivity index (χ1v) is 9.04. The Morgan fingerprint density at radius 3 is 2.92 bits per heavy atom. The molecule has 0 radical (unpaired) electrons. The molecule has 0 N–H and O–H groups in total. The molecule has 2 fully saturated rings. The van der Waals surface area contributed by atoms with Gasteiger partial charge in [-0.2, -0.15) is 0 Å². The Morgan fingerprint density at radius 2 is 2.08 bits per heavy atom. The molecule has 2 aliphatic heterocycles. The second-order valence-corrected chi connectivity index (χ2v) is 7.64. The van der Waals surface area contributed by atoms with Crippen LogP contribution in [-0.4, -0.2) is 41.1 Å². The van der Waals surface area contributed by atoms with Gasteiger partial charge in [-0.25, -0.2) is 9.97 Å². The fraction of sp³-hybridized carbons (Fsp3) is 0.500. The van der Waals surface area contributed by atoms with E-state index in [1.807, 2.05) is 24.4 Å². The zero-order chi connectivity index (χ0) is 16.0. The normalized spacial score (nSPS) is 26.7. The summed E-state index contributed by atoms with van der Waals surface area (Å²) in [6.45, 7) is 4.96. The highest BCUT2D eigenvalue weighted by molar-refractivity contribution is 5.55. The minimum atomic E-state index is 0.0644. The minimum Gasteiger partial charge on any atom is -0.376 e. The van der Waals surface area contributed by atoms with Gasteiger partial charge in [0.25, 0.3) is 0 Å². The van der Waals surface area contributed by atoms with Crippen molar-refractivity contribution in [3.05, 3.63) is 47.8 Å². The molecule has 124 valence electrons. The van der Waals surface area contributed by atoms with E-state index in [0.717, 1.165) is 36.9 Å². The molecule has 1 saturated carbocycles. The van der Waals surface area contributed by atoms with E-state index in [2.05, 4.69) is 22.0 Å². The Hall–Kier alpha value is -1.78. The molecule has 1 aromatic heterocycles. The lowest BCUT2D eigenvalue weighted by molar-refractivity contribution is 0.0504. The van der Waals surface area contributed by atoms with Gasteiger partial charge in [0.2, 0.25) is 0 Å². The van der Waals surface area contributed by atoms with Crippen LogP contribution in [0.4, 0.5) is 0 Å². The summed E-state index contributed by atoms with van der Waals surface area (Å²) >= 11 is 0. The van der Waals surface area contributed by atoms with Crippen molar-refractivity contribution in [1.82, 2.24) is 14.9 Å². The highest BCUT2D eigenvalue weighted by atomic mass is 16.5. The van der Waals surface area contributed by atoms with Gasteiger partial charge in [-0.1, -0.05) is 30.3 Å².